The van der Waals surface area contributed by atoms with Crippen LogP contribution in [0.3, 0.4) is 0 Å². The van der Waals surface area contributed by atoms with Gasteiger partial charge in [0.1, 0.15) is 18.7 Å². The van der Waals surface area contributed by atoms with E-state index in [1.165, 1.54) is 25.3 Å². The second kappa shape index (κ2) is 6.37. The molecule has 0 saturated heterocycles. The molecule has 0 aromatic carbocycles. The van der Waals surface area contributed by atoms with Gasteiger partial charge >= 0.3 is 0 Å². The SMILES string of the molecule is C=C/C=C(C=O)\C=C(/CO)OC. The molecule has 3 nitrogen and oxygen atoms in total. The summed E-state index contributed by atoms with van der Waals surface area (Å²) in [6.07, 6.45) is 5.14. The fourth-order valence-electron chi connectivity index (χ4n) is 0.613. The van der Waals surface area contributed by atoms with Crippen LogP contribution in [0, 0.1) is 0 Å². The second-order valence-corrected chi connectivity index (χ2v) is 1.99. The monoisotopic (exact) mass is 168 g/mol. The normalized spacial score (nSPS) is 12.5. The van der Waals surface area contributed by atoms with Crippen molar-refractivity contribution >= 4 is 6.29 Å². The highest BCUT2D eigenvalue weighted by Gasteiger charge is 1.94. The van der Waals surface area contributed by atoms with E-state index in [9.17, 15) is 4.79 Å². The van der Waals surface area contributed by atoms with Gasteiger partial charge in [-0.2, -0.15) is 0 Å². The predicted octanol–water partition coefficient (Wildman–Crippen LogP) is 0.820. The highest BCUT2D eigenvalue weighted by atomic mass is 16.5. The first-order valence-corrected chi connectivity index (χ1v) is 3.41. The molecule has 0 rings (SSSR count). The van der Waals surface area contributed by atoms with Crippen molar-refractivity contribution in [2.75, 3.05) is 13.7 Å². The van der Waals surface area contributed by atoms with Gasteiger partial charge in [-0.25, -0.2) is 0 Å². The lowest BCUT2D eigenvalue weighted by atomic mass is 10.2. The number of ether oxygens (including phenoxy) is 1. The average molecular weight is 168 g/mol. The zero-order chi connectivity index (χ0) is 9.40. The largest absolute Gasteiger partial charge is 0.499 e. The summed E-state index contributed by atoms with van der Waals surface area (Å²) in [6.45, 7) is 3.22. The Kier molecular flexibility index (Phi) is 5.65. The predicted molar refractivity (Wildman–Crippen MR) is 46.5 cm³/mol. The standard InChI is InChI=1S/C9H12O3/c1-3-4-8(6-10)5-9(7-11)12-2/h3-6,11H,1,7H2,2H3/b8-4+,9-5+. The van der Waals surface area contributed by atoms with Crippen molar-refractivity contribution < 1.29 is 14.6 Å². The van der Waals surface area contributed by atoms with Crippen LogP contribution in [0.15, 0.2) is 36.1 Å². The van der Waals surface area contributed by atoms with Crippen molar-refractivity contribution in [3.05, 3.63) is 36.1 Å². The molecule has 0 amide bonds. The van der Waals surface area contributed by atoms with Gasteiger partial charge in [-0.3, -0.25) is 4.79 Å². The average Bonchev–Trinajstić information content (AvgIpc) is 2.12. The molecule has 0 unspecified atom stereocenters. The topological polar surface area (TPSA) is 46.5 Å². The van der Waals surface area contributed by atoms with Crippen LogP contribution in [-0.2, 0) is 9.53 Å². The van der Waals surface area contributed by atoms with Gasteiger partial charge < -0.3 is 9.84 Å². The fraction of sp³-hybridized carbons (Fsp3) is 0.222. The Morgan fingerprint density at radius 3 is 2.67 bits per heavy atom. The number of aliphatic hydroxyl groups is 1. The summed E-state index contributed by atoms with van der Waals surface area (Å²) in [5.41, 5.74) is 0.413. The number of allylic oxidation sites excluding steroid dienone is 4. The minimum absolute atomic E-state index is 0.223. The van der Waals surface area contributed by atoms with Gasteiger partial charge in [0, 0.05) is 5.57 Å². The summed E-state index contributed by atoms with van der Waals surface area (Å²) in [4.78, 5) is 10.4. The molecule has 0 aromatic heterocycles. The smallest absolute Gasteiger partial charge is 0.150 e. The maximum absolute atomic E-state index is 10.4. The lowest BCUT2D eigenvalue weighted by Crippen LogP contribution is -1.94. The number of carbonyl (C=O) groups is 1. The quantitative estimate of drug-likeness (QED) is 0.286. The van der Waals surface area contributed by atoms with Crippen LogP contribution >= 0.6 is 0 Å². The third-order valence-corrected chi connectivity index (χ3v) is 1.19. The molecule has 0 spiro atoms. The van der Waals surface area contributed by atoms with E-state index in [4.69, 9.17) is 9.84 Å². The highest BCUT2D eigenvalue weighted by molar-refractivity contribution is 5.78. The Bertz CT molecular complexity index is 208. The maximum Gasteiger partial charge on any atom is 0.150 e. The van der Waals surface area contributed by atoms with Gasteiger partial charge in [-0.05, 0) is 6.08 Å². The van der Waals surface area contributed by atoms with Crippen molar-refractivity contribution in [3.8, 4) is 0 Å². The lowest BCUT2D eigenvalue weighted by Gasteiger charge is -2.00. The first kappa shape index (κ1) is 10.7. The molecule has 0 radical (unpaired) electrons. The lowest BCUT2D eigenvalue weighted by molar-refractivity contribution is -0.104. The van der Waals surface area contributed by atoms with Crippen molar-refractivity contribution in [2.24, 2.45) is 0 Å². The highest BCUT2D eigenvalue weighted by Crippen LogP contribution is 2.00. The number of methoxy groups -OCH3 is 1. The molecule has 0 saturated carbocycles. The Morgan fingerprint density at radius 2 is 2.33 bits per heavy atom. The van der Waals surface area contributed by atoms with Gasteiger partial charge in [0.2, 0.25) is 0 Å². The zero-order valence-corrected chi connectivity index (χ0v) is 6.99. The fourth-order valence-corrected chi connectivity index (χ4v) is 0.613. The third-order valence-electron chi connectivity index (χ3n) is 1.19. The molecule has 0 aliphatic carbocycles. The number of carbonyl (C=O) groups excluding carboxylic acids is 1. The van der Waals surface area contributed by atoms with Crippen molar-refractivity contribution in [2.45, 2.75) is 0 Å². The van der Waals surface area contributed by atoms with E-state index in [1.54, 1.807) is 0 Å². The van der Waals surface area contributed by atoms with E-state index in [0.717, 1.165) is 0 Å². The Morgan fingerprint density at radius 1 is 1.67 bits per heavy atom. The van der Waals surface area contributed by atoms with Gasteiger partial charge in [0.05, 0.1) is 7.11 Å². The number of hydrogen-bond acceptors (Lipinski definition) is 3. The molecule has 0 aliphatic rings. The minimum Gasteiger partial charge on any atom is -0.499 e. The molecule has 0 atom stereocenters. The molecule has 0 bridgehead atoms. The number of aldehydes is 1. The molecule has 0 heterocycles. The van der Waals surface area contributed by atoms with Crippen LogP contribution in [0.2, 0.25) is 0 Å². The van der Waals surface area contributed by atoms with Crippen LogP contribution in [0.1, 0.15) is 0 Å². The summed E-state index contributed by atoms with van der Waals surface area (Å²) < 4.78 is 4.76. The van der Waals surface area contributed by atoms with Gasteiger partial charge in [-0.1, -0.05) is 18.7 Å². The van der Waals surface area contributed by atoms with E-state index < -0.39 is 0 Å². The Hall–Kier alpha value is -1.35. The van der Waals surface area contributed by atoms with Crippen LogP contribution in [0.5, 0.6) is 0 Å². The van der Waals surface area contributed by atoms with E-state index >= 15 is 0 Å². The maximum atomic E-state index is 10.4. The summed E-state index contributed by atoms with van der Waals surface area (Å²) in [7, 11) is 1.43. The summed E-state index contributed by atoms with van der Waals surface area (Å²) in [5, 5.41) is 8.68. The molecule has 1 N–H and O–H groups in total. The summed E-state index contributed by atoms with van der Waals surface area (Å²) in [6, 6.07) is 0. The van der Waals surface area contributed by atoms with E-state index in [0.29, 0.717) is 17.6 Å². The first-order chi connectivity index (χ1) is 5.78. The van der Waals surface area contributed by atoms with Gasteiger partial charge in [0.15, 0.2) is 0 Å². The summed E-state index contributed by atoms with van der Waals surface area (Å²) in [5.74, 6) is 0.343. The van der Waals surface area contributed by atoms with Crippen LogP contribution in [0.4, 0.5) is 0 Å². The van der Waals surface area contributed by atoms with Crippen molar-refractivity contribution in [1.82, 2.24) is 0 Å². The molecule has 3 heteroatoms. The van der Waals surface area contributed by atoms with Crippen LogP contribution < -0.4 is 0 Å². The molecular formula is C9H12O3. The number of hydrogen-bond donors (Lipinski definition) is 1. The minimum atomic E-state index is -0.223. The van der Waals surface area contributed by atoms with Crippen molar-refractivity contribution in [1.29, 1.82) is 0 Å². The molecular weight excluding hydrogens is 156 g/mol. The second-order valence-electron chi connectivity index (χ2n) is 1.99. The number of aliphatic hydroxyl groups excluding tert-OH is 1. The summed E-state index contributed by atoms with van der Waals surface area (Å²) >= 11 is 0. The molecule has 0 fully saturated rings. The van der Waals surface area contributed by atoms with Gasteiger partial charge in [0.25, 0.3) is 0 Å². The Balaban J connectivity index is 4.53. The van der Waals surface area contributed by atoms with Crippen LogP contribution in [0.25, 0.3) is 0 Å². The van der Waals surface area contributed by atoms with Crippen molar-refractivity contribution in [3.63, 3.8) is 0 Å². The molecule has 0 aromatic rings. The molecule has 0 aliphatic heterocycles. The zero-order valence-electron chi connectivity index (χ0n) is 6.99. The first-order valence-electron chi connectivity index (χ1n) is 3.41. The van der Waals surface area contributed by atoms with E-state index in [-0.39, 0.29) is 6.61 Å². The third kappa shape index (κ3) is 3.73. The van der Waals surface area contributed by atoms with E-state index in [2.05, 4.69) is 6.58 Å². The Labute approximate surface area is 71.7 Å². The molecule has 12 heavy (non-hydrogen) atoms. The number of rotatable bonds is 5. The molecule has 66 valence electrons. The van der Waals surface area contributed by atoms with Crippen LogP contribution in [-0.4, -0.2) is 25.1 Å². The van der Waals surface area contributed by atoms with E-state index in [1.807, 2.05) is 0 Å². The van der Waals surface area contributed by atoms with Gasteiger partial charge in [-0.15, -0.1) is 0 Å².